The van der Waals surface area contributed by atoms with Gasteiger partial charge in [-0.1, -0.05) is 0 Å². The first-order valence-electron chi connectivity index (χ1n) is 4.59. The van der Waals surface area contributed by atoms with Crippen LogP contribution in [0.15, 0.2) is 10.7 Å². The van der Waals surface area contributed by atoms with E-state index < -0.39 is 6.10 Å². The Labute approximate surface area is 97.1 Å². The van der Waals surface area contributed by atoms with Gasteiger partial charge in [-0.25, -0.2) is 0 Å². The van der Waals surface area contributed by atoms with Gasteiger partial charge in [0.05, 0.1) is 36.2 Å². The number of hydrogen-bond donors (Lipinski definition) is 1. The van der Waals surface area contributed by atoms with E-state index in [0.717, 1.165) is 4.47 Å². The van der Waals surface area contributed by atoms with Gasteiger partial charge in [-0.3, -0.25) is 4.68 Å². The van der Waals surface area contributed by atoms with E-state index in [9.17, 15) is 5.11 Å². The molecule has 0 bridgehead atoms. The summed E-state index contributed by atoms with van der Waals surface area (Å²) in [5.74, 6) is 0. The number of methoxy groups -OCH3 is 1. The molecule has 1 rings (SSSR count). The first-order valence-corrected chi connectivity index (χ1v) is 5.38. The third-order valence-electron chi connectivity index (χ3n) is 1.96. The van der Waals surface area contributed by atoms with Crippen LogP contribution >= 0.6 is 15.9 Å². The fourth-order valence-corrected chi connectivity index (χ4v) is 1.82. The van der Waals surface area contributed by atoms with Crippen LogP contribution in [0.2, 0.25) is 0 Å². The lowest BCUT2D eigenvalue weighted by Gasteiger charge is -2.12. The summed E-state index contributed by atoms with van der Waals surface area (Å²) in [6.45, 7) is 1.24. The molecule has 0 saturated carbocycles. The Morgan fingerprint density at radius 3 is 2.87 bits per heavy atom. The zero-order valence-electron chi connectivity index (χ0n) is 8.81. The maximum Gasteiger partial charge on any atom is 0.120 e. The molecule has 1 aromatic rings. The standard InChI is InChI=1S/C9H15BrN2O3/c1-12-9(7(10)5-11-12)8(13)6-15-4-3-14-2/h5,8,13H,3-4,6H2,1-2H3. The third-order valence-corrected chi connectivity index (χ3v) is 2.57. The first-order chi connectivity index (χ1) is 7.16. The average molecular weight is 279 g/mol. The van der Waals surface area contributed by atoms with Crippen LogP contribution in [-0.4, -0.2) is 41.8 Å². The van der Waals surface area contributed by atoms with Crippen molar-refractivity contribution in [2.24, 2.45) is 7.05 Å². The SMILES string of the molecule is COCCOCC(O)c1c(Br)cnn1C. The first kappa shape index (κ1) is 12.6. The summed E-state index contributed by atoms with van der Waals surface area (Å²) in [6.07, 6.45) is 0.969. The molecule has 0 aliphatic carbocycles. The van der Waals surface area contributed by atoms with Gasteiger partial charge in [0.25, 0.3) is 0 Å². The Morgan fingerprint density at radius 2 is 2.33 bits per heavy atom. The fraction of sp³-hybridized carbons (Fsp3) is 0.667. The Morgan fingerprint density at radius 1 is 1.60 bits per heavy atom. The van der Waals surface area contributed by atoms with E-state index in [4.69, 9.17) is 9.47 Å². The maximum atomic E-state index is 9.81. The molecule has 5 nitrogen and oxygen atoms in total. The highest BCUT2D eigenvalue weighted by molar-refractivity contribution is 9.10. The number of aliphatic hydroxyl groups is 1. The normalized spacial score (nSPS) is 13.1. The molecule has 0 amide bonds. The second-order valence-electron chi connectivity index (χ2n) is 3.08. The predicted octanol–water partition coefficient (Wildman–Crippen LogP) is 0.879. The molecule has 1 atom stereocenters. The second kappa shape index (κ2) is 6.22. The van der Waals surface area contributed by atoms with Crippen LogP contribution in [-0.2, 0) is 16.5 Å². The van der Waals surface area contributed by atoms with Gasteiger partial charge >= 0.3 is 0 Å². The summed E-state index contributed by atoms with van der Waals surface area (Å²) in [4.78, 5) is 0. The molecule has 1 unspecified atom stereocenters. The van der Waals surface area contributed by atoms with E-state index >= 15 is 0 Å². The van der Waals surface area contributed by atoms with Gasteiger partial charge in [-0.2, -0.15) is 5.10 Å². The molecular formula is C9H15BrN2O3. The minimum Gasteiger partial charge on any atom is -0.384 e. The van der Waals surface area contributed by atoms with E-state index in [1.165, 1.54) is 0 Å². The monoisotopic (exact) mass is 278 g/mol. The average Bonchev–Trinajstić information content (AvgIpc) is 2.53. The number of aryl methyl sites for hydroxylation is 1. The van der Waals surface area contributed by atoms with Crippen molar-refractivity contribution in [2.75, 3.05) is 26.9 Å². The number of ether oxygens (including phenoxy) is 2. The summed E-state index contributed by atoms with van der Waals surface area (Å²) in [6, 6.07) is 0. The fourth-order valence-electron chi connectivity index (χ4n) is 1.21. The minimum absolute atomic E-state index is 0.238. The molecule has 0 saturated heterocycles. The largest absolute Gasteiger partial charge is 0.384 e. The molecule has 0 radical (unpaired) electrons. The van der Waals surface area contributed by atoms with Crippen molar-refractivity contribution in [1.82, 2.24) is 9.78 Å². The topological polar surface area (TPSA) is 56.5 Å². The lowest BCUT2D eigenvalue weighted by Crippen LogP contribution is -2.14. The lowest BCUT2D eigenvalue weighted by molar-refractivity contribution is 0.00945. The lowest BCUT2D eigenvalue weighted by atomic mass is 10.3. The smallest absolute Gasteiger partial charge is 0.120 e. The van der Waals surface area contributed by atoms with E-state index in [1.807, 2.05) is 0 Å². The van der Waals surface area contributed by atoms with Gasteiger partial charge in [0.1, 0.15) is 6.10 Å². The van der Waals surface area contributed by atoms with Crippen molar-refractivity contribution in [2.45, 2.75) is 6.10 Å². The summed E-state index contributed by atoms with van der Waals surface area (Å²) >= 11 is 3.32. The molecule has 0 aromatic carbocycles. The van der Waals surface area contributed by atoms with Gasteiger partial charge in [0.2, 0.25) is 0 Å². The van der Waals surface area contributed by atoms with Gasteiger partial charge in [0, 0.05) is 14.2 Å². The number of aromatic nitrogens is 2. The number of hydrogen-bond acceptors (Lipinski definition) is 4. The highest BCUT2D eigenvalue weighted by Gasteiger charge is 2.15. The second-order valence-corrected chi connectivity index (χ2v) is 3.94. The highest BCUT2D eigenvalue weighted by atomic mass is 79.9. The summed E-state index contributed by atoms with van der Waals surface area (Å²) in [5, 5.41) is 13.8. The Balaban J connectivity index is 2.43. The molecule has 0 fully saturated rings. The summed E-state index contributed by atoms with van der Waals surface area (Å²) < 4.78 is 12.5. The van der Waals surface area contributed by atoms with Crippen LogP contribution < -0.4 is 0 Å². The van der Waals surface area contributed by atoms with Crippen LogP contribution in [0.1, 0.15) is 11.8 Å². The Hall–Kier alpha value is -0.430. The molecule has 1 aromatic heterocycles. The quantitative estimate of drug-likeness (QED) is 0.785. The van der Waals surface area contributed by atoms with E-state index in [1.54, 1.807) is 25.0 Å². The van der Waals surface area contributed by atoms with Crippen molar-refractivity contribution in [3.63, 3.8) is 0 Å². The zero-order valence-corrected chi connectivity index (χ0v) is 10.4. The Bertz CT molecular complexity index is 284. The molecule has 0 aliphatic rings. The summed E-state index contributed by atoms with van der Waals surface area (Å²) in [5.41, 5.74) is 0.715. The number of halogens is 1. The van der Waals surface area contributed by atoms with Crippen LogP contribution in [0.4, 0.5) is 0 Å². The van der Waals surface area contributed by atoms with Gasteiger partial charge in [-0.05, 0) is 15.9 Å². The molecule has 0 aliphatic heterocycles. The maximum absolute atomic E-state index is 9.81. The van der Waals surface area contributed by atoms with Crippen LogP contribution in [0.3, 0.4) is 0 Å². The van der Waals surface area contributed by atoms with E-state index in [2.05, 4.69) is 21.0 Å². The van der Waals surface area contributed by atoms with Crippen molar-refractivity contribution < 1.29 is 14.6 Å². The van der Waals surface area contributed by atoms with Crippen LogP contribution in [0, 0.1) is 0 Å². The molecular weight excluding hydrogens is 264 g/mol. The predicted molar refractivity (Wildman–Crippen MR) is 58.6 cm³/mol. The molecule has 6 heteroatoms. The van der Waals surface area contributed by atoms with Gasteiger partial charge < -0.3 is 14.6 Å². The number of rotatable bonds is 6. The molecule has 86 valence electrons. The van der Waals surface area contributed by atoms with Gasteiger partial charge in [-0.15, -0.1) is 0 Å². The third kappa shape index (κ3) is 3.57. The molecule has 1 N–H and O–H groups in total. The molecule has 1 heterocycles. The van der Waals surface area contributed by atoms with Gasteiger partial charge in [0.15, 0.2) is 0 Å². The van der Waals surface area contributed by atoms with Crippen molar-refractivity contribution >= 4 is 15.9 Å². The number of nitrogens with zero attached hydrogens (tertiary/aromatic N) is 2. The van der Waals surface area contributed by atoms with Crippen molar-refractivity contribution in [1.29, 1.82) is 0 Å². The number of aliphatic hydroxyl groups excluding tert-OH is 1. The van der Waals surface area contributed by atoms with E-state index in [-0.39, 0.29) is 6.61 Å². The zero-order chi connectivity index (χ0) is 11.3. The molecule has 0 spiro atoms. The van der Waals surface area contributed by atoms with Crippen LogP contribution in [0.25, 0.3) is 0 Å². The Kier molecular flexibility index (Phi) is 5.24. The summed E-state index contributed by atoms with van der Waals surface area (Å²) in [7, 11) is 3.38. The molecule has 15 heavy (non-hydrogen) atoms. The van der Waals surface area contributed by atoms with Crippen molar-refractivity contribution in [3.05, 3.63) is 16.4 Å². The van der Waals surface area contributed by atoms with Crippen molar-refractivity contribution in [3.8, 4) is 0 Å². The minimum atomic E-state index is -0.677. The highest BCUT2D eigenvalue weighted by Crippen LogP contribution is 2.22. The van der Waals surface area contributed by atoms with E-state index in [0.29, 0.717) is 18.9 Å². The van der Waals surface area contributed by atoms with Crippen LogP contribution in [0.5, 0.6) is 0 Å².